The molecule has 1 aliphatic rings. The summed E-state index contributed by atoms with van der Waals surface area (Å²) in [5.41, 5.74) is 1.64. The largest absolute Gasteiger partial charge is 0.468 e. The molecule has 0 heterocycles. The Kier molecular flexibility index (Phi) is 6.09. The van der Waals surface area contributed by atoms with E-state index in [0.717, 1.165) is 11.1 Å². The van der Waals surface area contributed by atoms with E-state index < -0.39 is 5.41 Å². The van der Waals surface area contributed by atoms with Gasteiger partial charge in [-0.1, -0.05) is 78.9 Å². The number of esters is 2. The summed E-state index contributed by atoms with van der Waals surface area (Å²) < 4.78 is 10.1. The molecule has 3 rings (SSSR count). The van der Waals surface area contributed by atoms with Gasteiger partial charge < -0.3 is 9.47 Å². The van der Waals surface area contributed by atoms with Crippen LogP contribution in [0.3, 0.4) is 0 Å². The van der Waals surface area contributed by atoms with Crippen LogP contribution in [0.2, 0.25) is 0 Å². The van der Waals surface area contributed by atoms with E-state index in [-0.39, 0.29) is 17.9 Å². The Labute approximate surface area is 165 Å². The number of hydrogen-bond acceptors (Lipinski definition) is 4. The van der Waals surface area contributed by atoms with Crippen LogP contribution in [0.1, 0.15) is 29.9 Å². The van der Waals surface area contributed by atoms with E-state index in [4.69, 9.17) is 9.47 Å². The third kappa shape index (κ3) is 3.91. The van der Waals surface area contributed by atoms with E-state index in [1.165, 1.54) is 14.2 Å². The van der Waals surface area contributed by atoms with Gasteiger partial charge in [-0.3, -0.25) is 4.79 Å². The zero-order chi connectivity index (χ0) is 20.0. The van der Waals surface area contributed by atoms with Gasteiger partial charge in [0.05, 0.1) is 19.6 Å². The molecule has 0 radical (unpaired) electrons. The van der Waals surface area contributed by atoms with Crippen molar-refractivity contribution in [1.29, 1.82) is 0 Å². The van der Waals surface area contributed by atoms with Crippen LogP contribution in [-0.4, -0.2) is 26.2 Å². The Morgan fingerprint density at radius 1 is 0.964 bits per heavy atom. The average molecular weight is 376 g/mol. The molecule has 0 saturated heterocycles. The lowest BCUT2D eigenvalue weighted by atomic mass is 9.64. The molecule has 2 aromatic rings. The molecule has 0 aromatic heterocycles. The van der Waals surface area contributed by atoms with Crippen LogP contribution in [0.15, 0.2) is 78.4 Å². The molecule has 1 aliphatic carbocycles. The first-order valence-electron chi connectivity index (χ1n) is 9.27. The van der Waals surface area contributed by atoms with Gasteiger partial charge in [0.2, 0.25) is 0 Å². The summed E-state index contributed by atoms with van der Waals surface area (Å²) in [4.78, 5) is 25.2. The van der Waals surface area contributed by atoms with Gasteiger partial charge in [-0.05, 0) is 24.0 Å². The van der Waals surface area contributed by atoms with Crippen molar-refractivity contribution in [3.63, 3.8) is 0 Å². The number of methoxy groups -OCH3 is 2. The summed E-state index contributed by atoms with van der Waals surface area (Å²) in [7, 11) is 2.78. The fraction of sp³-hybridized carbons (Fsp3) is 0.250. The normalized spacial score (nSPS) is 21.8. The van der Waals surface area contributed by atoms with Crippen LogP contribution in [0.25, 0.3) is 6.08 Å². The lowest BCUT2D eigenvalue weighted by Gasteiger charge is -2.38. The molecular weight excluding hydrogens is 352 g/mol. The van der Waals surface area contributed by atoms with Gasteiger partial charge in [-0.2, -0.15) is 0 Å². The highest BCUT2D eigenvalue weighted by Crippen LogP contribution is 2.48. The van der Waals surface area contributed by atoms with E-state index in [2.05, 4.69) is 0 Å². The lowest BCUT2D eigenvalue weighted by Crippen LogP contribution is -2.39. The van der Waals surface area contributed by atoms with Crippen molar-refractivity contribution < 1.29 is 19.1 Å². The van der Waals surface area contributed by atoms with Crippen LogP contribution >= 0.6 is 0 Å². The first-order chi connectivity index (χ1) is 13.6. The van der Waals surface area contributed by atoms with Gasteiger partial charge in [-0.25, -0.2) is 4.79 Å². The lowest BCUT2D eigenvalue weighted by molar-refractivity contribution is -0.151. The highest BCUT2D eigenvalue weighted by molar-refractivity contribution is 5.91. The molecule has 144 valence electrons. The van der Waals surface area contributed by atoms with E-state index in [9.17, 15) is 9.59 Å². The van der Waals surface area contributed by atoms with Crippen molar-refractivity contribution in [2.45, 2.75) is 18.8 Å². The molecule has 0 saturated carbocycles. The highest BCUT2D eigenvalue weighted by Gasteiger charge is 2.47. The number of benzene rings is 2. The molecule has 4 heteroatoms. The summed E-state index contributed by atoms with van der Waals surface area (Å²) in [5.74, 6) is -0.996. The molecule has 0 spiro atoms. The van der Waals surface area contributed by atoms with Gasteiger partial charge in [0.1, 0.15) is 0 Å². The standard InChI is InChI=1S/C24H24O4/c1-27-22(25)20-14-16-24(23(26)28-2,15-13-18-9-5-3-6-10-18)21(17-20)19-11-7-4-8-12-19/h3-13,15,17,21H,14,16H2,1-2H3/b15-13+/t21-,24+/m1/s1. The smallest absolute Gasteiger partial charge is 0.333 e. The monoisotopic (exact) mass is 376 g/mol. The third-order valence-electron chi connectivity index (χ3n) is 5.28. The Bertz CT molecular complexity index is 883. The van der Waals surface area contributed by atoms with Crippen LogP contribution in [0.5, 0.6) is 0 Å². The fourth-order valence-electron chi connectivity index (χ4n) is 3.77. The van der Waals surface area contributed by atoms with Crippen LogP contribution < -0.4 is 0 Å². The first kappa shape index (κ1) is 19.6. The topological polar surface area (TPSA) is 52.6 Å². The van der Waals surface area contributed by atoms with E-state index >= 15 is 0 Å². The van der Waals surface area contributed by atoms with Gasteiger partial charge >= 0.3 is 11.9 Å². The molecular formula is C24H24O4. The van der Waals surface area contributed by atoms with Crippen molar-refractivity contribution in [3.05, 3.63) is 89.5 Å². The van der Waals surface area contributed by atoms with E-state index in [0.29, 0.717) is 18.4 Å². The Morgan fingerprint density at radius 3 is 2.21 bits per heavy atom. The molecule has 2 aromatic carbocycles. The van der Waals surface area contributed by atoms with Crippen molar-refractivity contribution in [3.8, 4) is 0 Å². The molecule has 0 bridgehead atoms. The zero-order valence-electron chi connectivity index (χ0n) is 16.1. The average Bonchev–Trinajstić information content (AvgIpc) is 2.77. The fourth-order valence-corrected chi connectivity index (χ4v) is 3.77. The predicted molar refractivity (Wildman–Crippen MR) is 108 cm³/mol. The summed E-state index contributed by atoms with van der Waals surface area (Å²) >= 11 is 0. The van der Waals surface area contributed by atoms with Gasteiger partial charge in [0, 0.05) is 11.5 Å². The molecule has 0 unspecified atom stereocenters. The maximum atomic E-state index is 13.0. The van der Waals surface area contributed by atoms with E-state index in [1.807, 2.05) is 78.9 Å². The first-order valence-corrected chi connectivity index (χ1v) is 9.27. The van der Waals surface area contributed by atoms with E-state index in [1.54, 1.807) is 0 Å². The minimum absolute atomic E-state index is 0.311. The van der Waals surface area contributed by atoms with Crippen molar-refractivity contribution >= 4 is 18.0 Å². The molecule has 0 fully saturated rings. The number of carbonyl (C=O) groups is 2. The number of allylic oxidation sites excluding steroid dienone is 1. The minimum atomic E-state index is -0.899. The number of hydrogen-bond donors (Lipinski definition) is 0. The third-order valence-corrected chi connectivity index (χ3v) is 5.28. The van der Waals surface area contributed by atoms with Gasteiger partial charge in [0.15, 0.2) is 0 Å². The SMILES string of the molecule is COC(=O)C1=C[C@H](c2ccccc2)[C@@](/C=C/c2ccccc2)(C(=O)OC)CC1. The second-order valence-corrected chi connectivity index (χ2v) is 6.85. The van der Waals surface area contributed by atoms with Crippen molar-refractivity contribution in [1.82, 2.24) is 0 Å². The Morgan fingerprint density at radius 2 is 1.61 bits per heavy atom. The van der Waals surface area contributed by atoms with Crippen LogP contribution in [0.4, 0.5) is 0 Å². The highest BCUT2D eigenvalue weighted by atomic mass is 16.5. The van der Waals surface area contributed by atoms with Crippen LogP contribution in [0, 0.1) is 5.41 Å². The maximum absolute atomic E-state index is 13.0. The quantitative estimate of drug-likeness (QED) is 0.719. The molecule has 0 aliphatic heterocycles. The summed E-state index contributed by atoms with van der Waals surface area (Å²) in [6.07, 6.45) is 6.64. The van der Waals surface area contributed by atoms with Crippen LogP contribution in [-0.2, 0) is 19.1 Å². The molecule has 4 nitrogen and oxygen atoms in total. The summed E-state index contributed by atoms with van der Waals surface area (Å²) in [5, 5.41) is 0. The second-order valence-electron chi connectivity index (χ2n) is 6.85. The van der Waals surface area contributed by atoms with Crippen molar-refractivity contribution in [2.24, 2.45) is 5.41 Å². The number of ether oxygens (including phenoxy) is 2. The Balaban J connectivity index is 2.12. The summed E-state index contributed by atoms with van der Waals surface area (Å²) in [6, 6.07) is 19.5. The second kappa shape index (κ2) is 8.70. The van der Waals surface area contributed by atoms with Gasteiger partial charge in [-0.15, -0.1) is 0 Å². The van der Waals surface area contributed by atoms with Gasteiger partial charge in [0.25, 0.3) is 0 Å². The maximum Gasteiger partial charge on any atom is 0.333 e. The minimum Gasteiger partial charge on any atom is -0.468 e. The summed E-state index contributed by atoms with van der Waals surface area (Å²) in [6.45, 7) is 0. The molecule has 2 atom stereocenters. The van der Waals surface area contributed by atoms with Crippen molar-refractivity contribution in [2.75, 3.05) is 14.2 Å². The molecule has 0 N–H and O–H groups in total. The number of rotatable bonds is 5. The molecule has 28 heavy (non-hydrogen) atoms. The Hall–Kier alpha value is -3.14. The number of carbonyl (C=O) groups excluding carboxylic acids is 2. The molecule has 0 amide bonds. The predicted octanol–water partition coefficient (Wildman–Crippen LogP) is 4.54. The zero-order valence-corrected chi connectivity index (χ0v) is 16.1.